The van der Waals surface area contributed by atoms with Crippen molar-refractivity contribution in [1.82, 2.24) is 0 Å². The second-order valence-electron chi connectivity index (χ2n) is 6.37. The highest BCUT2D eigenvalue weighted by atomic mass is 16.5. The molecule has 0 aliphatic heterocycles. The second-order valence-corrected chi connectivity index (χ2v) is 6.37. The maximum absolute atomic E-state index is 5.26. The van der Waals surface area contributed by atoms with Crippen molar-refractivity contribution in [1.29, 1.82) is 0 Å². The molecule has 0 radical (unpaired) electrons. The Morgan fingerprint density at radius 2 is 0.733 bits per heavy atom. The van der Waals surface area contributed by atoms with Gasteiger partial charge in [-0.05, 0) is 76.2 Å². The van der Waals surface area contributed by atoms with Crippen LogP contribution in [0, 0.1) is 13.8 Å². The molecule has 0 aliphatic carbocycles. The molecular weight excluding hydrogens is 376 g/mol. The summed E-state index contributed by atoms with van der Waals surface area (Å²) in [6.45, 7) is 9.51. The molecule has 3 aromatic carbocycles. The van der Waals surface area contributed by atoms with Crippen molar-refractivity contribution < 1.29 is 18.9 Å². The van der Waals surface area contributed by atoms with Gasteiger partial charge in [0.15, 0.2) is 0 Å². The Hall–Kier alpha value is -3.14. The van der Waals surface area contributed by atoms with Crippen LogP contribution in [0.2, 0.25) is 0 Å². The number of methoxy groups -OCH3 is 2. The summed E-state index contributed by atoms with van der Waals surface area (Å²) in [4.78, 5) is 0. The van der Waals surface area contributed by atoms with E-state index in [0.717, 1.165) is 29.6 Å². The first-order valence-electron chi connectivity index (χ1n) is 10.1. The highest BCUT2D eigenvalue weighted by Gasteiger charge is 1.92. The summed E-state index contributed by atoms with van der Waals surface area (Å²) in [5, 5.41) is 0. The van der Waals surface area contributed by atoms with Crippen molar-refractivity contribution in [2.45, 2.75) is 27.7 Å². The van der Waals surface area contributed by atoms with Gasteiger partial charge in [-0.2, -0.15) is 0 Å². The van der Waals surface area contributed by atoms with Gasteiger partial charge in [0, 0.05) is 0 Å². The van der Waals surface area contributed by atoms with Crippen molar-refractivity contribution in [2.24, 2.45) is 0 Å². The second kappa shape index (κ2) is 14.8. The van der Waals surface area contributed by atoms with E-state index in [1.54, 1.807) is 14.2 Å². The van der Waals surface area contributed by atoms with Gasteiger partial charge in [-0.3, -0.25) is 0 Å². The van der Waals surface area contributed by atoms with Crippen LogP contribution in [0.25, 0.3) is 0 Å². The Bertz CT molecular complexity index is 794. The molecule has 4 nitrogen and oxygen atoms in total. The van der Waals surface area contributed by atoms with Gasteiger partial charge in [0.2, 0.25) is 0 Å². The van der Waals surface area contributed by atoms with Crippen LogP contribution in [0.3, 0.4) is 0 Å². The topological polar surface area (TPSA) is 36.9 Å². The fraction of sp³-hybridized carbons (Fsp3) is 0.308. The molecule has 0 spiro atoms. The van der Waals surface area contributed by atoms with Crippen LogP contribution in [0.5, 0.6) is 23.0 Å². The molecule has 162 valence electrons. The van der Waals surface area contributed by atoms with E-state index >= 15 is 0 Å². The maximum Gasteiger partial charge on any atom is 0.119 e. The first-order chi connectivity index (χ1) is 14.5. The molecule has 0 aromatic heterocycles. The van der Waals surface area contributed by atoms with Crippen LogP contribution in [-0.2, 0) is 0 Å². The lowest BCUT2D eigenvalue weighted by Gasteiger charge is -2.03. The van der Waals surface area contributed by atoms with Crippen LogP contribution in [-0.4, -0.2) is 27.4 Å². The van der Waals surface area contributed by atoms with E-state index in [1.165, 1.54) is 11.1 Å². The van der Waals surface area contributed by atoms with Gasteiger partial charge in [-0.1, -0.05) is 35.4 Å². The average molecular weight is 411 g/mol. The number of ether oxygens (including phenoxy) is 4. The van der Waals surface area contributed by atoms with E-state index in [4.69, 9.17) is 18.9 Å². The van der Waals surface area contributed by atoms with Gasteiger partial charge in [-0.25, -0.2) is 0 Å². The van der Waals surface area contributed by atoms with Crippen molar-refractivity contribution in [3.8, 4) is 23.0 Å². The smallest absolute Gasteiger partial charge is 0.119 e. The molecule has 0 unspecified atom stereocenters. The molecule has 0 fully saturated rings. The summed E-state index contributed by atoms with van der Waals surface area (Å²) in [6.07, 6.45) is 0. The molecule has 0 bridgehead atoms. The van der Waals surface area contributed by atoms with E-state index < -0.39 is 0 Å². The quantitative estimate of drug-likeness (QED) is 0.465. The molecule has 0 saturated heterocycles. The third-order valence-electron chi connectivity index (χ3n) is 3.96. The Balaban J connectivity index is 0.000000226. The summed E-state index contributed by atoms with van der Waals surface area (Å²) in [6, 6.07) is 23.6. The normalized spacial score (nSPS) is 9.27. The first kappa shape index (κ1) is 24.9. The molecule has 30 heavy (non-hydrogen) atoms. The third-order valence-corrected chi connectivity index (χ3v) is 3.96. The highest BCUT2D eigenvalue weighted by Crippen LogP contribution is 2.16. The van der Waals surface area contributed by atoms with Gasteiger partial charge in [-0.15, -0.1) is 0 Å². The average Bonchev–Trinajstić information content (AvgIpc) is 2.78. The summed E-state index contributed by atoms with van der Waals surface area (Å²) in [5.74, 6) is 3.61. The van der Waals surface area contributed by atoms with E-state index in [1.807, 2.05) is 86.6 Å². The SMILES string of the molecule is CCOc1ccc(C)cc1.CCOc1ccc(OC)cc1.COc1ccc(C)cc1. The van der Waals surface area contributed by atoms with Gasteiger partial charge >= 0.3 is 0 Å². The number of benzene rings is 3. The third kappa shape index (κ3) is 10.4. The number of aryl methyl sites for hydroxylation is 2. The summed E-state index contributed by atoms with van der Waals surface area (Å²) in [5.41, 5.74) is 2.53. The van der Waals surface area contributed by atoms with Gasteiger partial charge in [0.25, 0.3) is 0 Å². The fourth-order valence-electron chi connectivity index (χ4n) is 2.31. The predicted molar refractivity (Wildman–Crippen MR) is 124 cm³/mol. The monoisotopic (exact) mass is 410 g/mol. The van der Waals surface area contributed by atoms with Crippen LogP contribution < -0.4 is 18.9 Å². The van der Waals surface area contributed by atoms with E-state index in [2.05, 4.69) is 13.8 Å². The van der Waals surface area contributed by atoms with E-state index in [0.29, 0.717) is 6.61 Å². The zero-order chi connectivity index (χ0) is 22.2. The minimum absolute atomic E-state index is 0.701. The minimum Gasteiger partial charge on any atom is -0.497 e. The molecule has 3 rings (SSSR count). The Labute approximate surface area is 181 Å². The summed E-state index contributed by atoms with van der Waals surface area (Å²) in [7, 11) is 3.32. The van der Waals surface area contributed by atoms with Crippen LogP contribution in [0.1, 0.15) is 25.0 Å². The predicted octanol–water partition coefficient (Wildman–Crippen LogP) is 6.49. The Morgan fingerprint density at radius 1 is 0.467 bits per heavy atom. The van der Waals surface area contributed by atoms with Crippen molar-refractivity contribution in [3.63, 3.8) is 0 Å². The maximum atomic E-state index is 5.26. The lowest BCUT2D eigenvalue weighted by molar-refractivity contribution is 0.339. The van der Waals surface area contributed by atoms with Crippen molar-refractivity contribution >= 4 is 0 Å². The molecule has 0 amide bonds. The lowest BCUT2D eigenvalue weighted by atomic mass is 10.2. The van der Waals surface area contributed by atoms with Crippen LogP contribution in [0.15, 0.2) is 72.8 Å². The zero-order valence-corrected chi connectivity index (χ0v) is 19.0. The van der Waals surface area contributed by atoms with Gasteiger partial charge in [0.05, 0.1) is 27.4 Å². The number of rotatable bonds is 6. The standard InChI is InChI=1S/C9H12O2.C9H12O.C8H10O/c1-3-11-9-6-4-8(10-2)5-7-9;1-3-10-9-6-4-8(2)5-7-9;1-7-3-5-8(9-2)6-4-7/h4-7H,3H2,1-2H3;4-7H,3H2,1-2H3;3-6H,1-2H3. The number of hydrogen-bond donors (Lipinski definition) is 0. The molecular formula is C26H34O4. The molecule has 0 heterocycles. The summed E-state index contributed by atoms with van der Waals surface area (Å²) >= 11 is 0. The van der Waals surface area contributed by atoms with E-state index in [-0.39, 0.29) is 0 Å². The highest BCUT2D eigenvalue weighted by molar-refractivity contribution is 5.31. The number of hydrogen-bond acceptors (Lipinski definition) is 4. The van der Waals surface area contributed by atoms with Gasteiger partial charge < -0.3 is 18.9 Å². The fourth-order valence-corrected chi connectivity index (χ4v) is 2.31. The van der Waals surface area contributed by atoms with Crippen molar-refractivity contribution in [3.05, 3.63) is 83.9 Å². The molecule has 0 N–H and O–H groups in total. The molecule has 4 heteroatoms. The lowest BCUT2D eigenvalue weighted by Crippen LogP contribution is -1.90. The molecule has 0 atom stereocenters. The van der Waals surface area contributed by atoms with Crippen molar-refractivity contribution in [2.75, 3.05) is 27.4 Å². The van der Waals surface area contributed by atoms with Gasteiger partial charge in [0.1, 0.15) is 23.0 Å². The van der Waals surface area contributed by atoms with E-state index in [9.17, 15) is 0 Å². The largest absolute Gasteiger partial charge is 0.497 e. The van der Waals surface area contributed by atoms with Crippen LogP contribution in [0.4, 0.5) is 0 Å². The zero-order valence-electron chi connectivity index (χ0n) is 19.0. The minimum atomic E-state index is 0.701. The Kier molecular flexibility index (Phi) is 12.3. The Morgan fingerprint density at radius 3 is 1.03 bits per heavy atom. The first-order valence-corrected chi connectivity index (χ1v) is 10.1. The van der Waals surface area contributed by atoms with Crippen LogP contribution >= 0.6 is 0 Å². The molecule has 0 saturated carbocycles. The summed E-state index contributed by atoms with van der Waals surface area (Å²) < 4.78 is 20.5. The molecule has 0 aliphatic rings. The molecule has 3 aromatic rings.